The van der Waals surface area contributed by atoms with Crippen molar-refractivity contribution >= 4 is 17.5 Å². The Morgan fingerprint density at radius 3 is 2.52 bits per heavy atom. The number of carboxylic acid groups (broad SMARTS) is 1. The molecule has 166 valence electrons. The Bertz CT molecular complexity index is 936. The van der Waals surface area contributed by atoms with E-state index in [9.17, 15) is 33.2 Å². The van der Waals surface area contributed by atoms with E-state index in [2.05, 4.69) is 11.6 Å². The summed E-state index contributed by atoms with van der Waals surface area (Å²) in [4.78, 5) is 26.0. The molecule has 8 nitrogen and oxygen atoms in total. The summed E-state index contributed by atoms with van der Waals surface area (Å²) in [6, 6.07) is 9.33. The molecule has 0 unspecified atom stereocenters. The van der Waals surface area contributed by atoms with Crippen LogP contribution in [-0.4, -0.2) is 40.7 Å². The van der Waals surface area contributed by atoms with Gasteiger partial charge >= 0.3 is 17.8 Å². The second kappa shape index (κ2) is 10.5. The summed E-state index contributed by atoms with van der Waals surface area (Å²) in [5.41, 5.74) is -2.82. The molecule has 0 spiro atoms. The fourth-order valence-corrected chi connectivity index (χ4v) is 2.75. The Morgan fingerprint density at radius 2 is 1.97 bits per heavy atom. The van der Waals surface area contributed by atoms with E-state index >= 15 is 0 Å². The summed E-state index contributed by atoms with van der Waals surface area (Å²) in [5.74, 6) is -2.51. The number of carbonyl (C=O) groups is 1. The second-order valence-corrected chi connectivity index (χ2v) is 6.39. The molecule has 0 bridgehead atoms. The molecule has 0 saturated heterocycles. The molecule has 0 amide bonds. The lowest BCUT2D eigenvalue weighted by molar-refractivity contribution is -0.385. The summed E-state index contributed by atoms with van der Waals surface area (Å²) in [6.45, 7) is 3.77. The van der Waals surface area contributed by atoms with E-state index in [4.69, 9.17) is 4.74 Å². The largest absolute Gasteiger partial charge is 0.476 e. The molecule has 1 aromatic carbocycles. The van der Waals surface area contributed by atoms with Gasteiger partial charge in [0.2, 0.25) is 5.69 Å². The van der Waals surface area contributed by atoms with Crippen molar-refractivity contribution in [2.45, 2.75) is 19.2 Å². The third-order valence-corrected chi connectivity index (χ3v) is 4.21. The molecule has 0 radical (unpaired) electrons. The van der Waals surface area contributed by atoms with Crippen LogP contribution in [0.5, 0.6) is 0 Å². The van der Waals surface area contributed by atoms with E-state index < -0.39 is 39.8 Å². The van der Waals surface area contributed by atoms with Gasteiger partial charge < -0.3 is 14.7 Å². The first-order chi connectivity index (χ1) is 14.6. The van der Waals surface area contributed by atoms with E-state index in [0.717, 1.165) is 5.56 Å². The molecular weight excluding hydrogens is 419 g/mol. The number of aromatic nitrogens is 1. The number of benzene rings is 1. The maximum atomic E-state index is 13.6. The maximum absolute atomic E-state index is 13.6. The van der Waals surface area contributed by atoms with E-state index in [1.165, 1.54) is 11.0 Å². The van der Waals surface area contributed by atoms with Crippen LogP contribution in [0.25, 0.3) is 0 Å². The van der Waals surface area contributed by atoms with Gasteiger partial charge in [0.15, 0.2) is 0 Å². The standard InChI is InChI=1S/C20H20F3N3O5/c1-2-3-9-25(10-11-31-13-14-7-5-4-6-8-14)18-15(20(21,22)23)12-16(26(29)30)17(24-18)19(27)28/h2,4-8,12H,1,3,9-11,13H2,(H,27,28). The van der Waals surface area contributed by atoms with Crippen LogP contribution in [0.4, 0.5) is 24.7 Å². The van der Waals surface area contributed by atoms with Crippen molar-refractivity contribution in [1.29, 1.82) is 0 Å². The summed E-state index contributed by atoms with van der Waals surface area (Å²) in [5, 5.41) is 20.3. The van der Waals surface area contributed by atoms with Gasteiger partial charge in [0.25, 0.3) is 0 Å². The SMILES string of the molecule is C=CCCN(CCOCc1ccccc1)c1nc(C(=O)O)c([N+](=O)[O-])cc1C(F)(F)F. The minimum Gasteiger partial charge on any atom is -0.476 e. The van der Waals surface area contributed by atoms with Crippen LogP contribution >= 0.6 is 0 Å². The molecule has 0 atom stereocenters. The lowest BCUT2D eigenvalue weighted by Crippen LogP contribution is -2.32. The third-order valence-electron chi connectivity index (χ3n) is 4.21. The number of hydrogen-bond acceptors (Lipinski definition) is 6. The topological polar surface area (TPSA) is 106 Å². The predicted molar refractivity (Wildman–Crippen MR) is 106 cm³/mol. The average Bonchev–Trinajstić information content (AvgIpc) is 2.72. The number of halogens is 3. The minimum atomic E-state index is -4.98. The lowest BCUT2D eigenvalue weighted by Gasteiger charge is -2.26. The third kappa shape index (κ3) is 6.51. The van der Waals surface area contributed by atoms with E-state index in [1.54, 1.807) is 0 Å². The van der Waals surface area contributed by atoms with Crippen LogP contribution < -0.4 is 4.90 Å². The summed E-state index contributed by atoms with van der Waals surface area (Å²) >= 11 is 0. The van der Waals surface area contributed by atoms with Gasteiger partial charge in [-0.3, -0.25) is 10.1 Å². The summed E-state index contributed by atoms with van der Waals surface area (Å²) < 4.78 is 46.4. The first-order valence-electron chi connectivity index (χ1n) is 9.12. The molecule has 0 aliphatic carbocycles. The number of pyridine rings is 1. The van der Waals surface area contributed by atoms with Crippen LogP contribution in [0.2, 0.25) is 0 Å². The molecule has 0 aliphatic rings. The van der Waals surface area contributed by atoms with Crippen molar-refractivity contribution in [2.75, 3.05) is 24.6 Å². The van der Waals surface area contributed by atoms with Crippen LogP contribution in [-0.2, 0) is 17.5 Å². The molecule has 1 N–H and O–H groups in total. The summed E-state index contributed by atoms with van der Waals surface area (Å²) in [7, 11) is 0. The Labute approximate surface area is 175 Å². The highest BCUT2D eigenvalue weighted by Crippen LogP contribution is 2.38. The van der Waals surface area contributed by atoms with Gasteiger partial charge in [-0.05, 0) is 12.0 Å². The zero-order valence-electron chi connectivity index (χ0n) is 16.3. The molecule has 2 aromatic rings. The molecule has 0 saturated carbocycles. The fraction of sp³-hybridized carbons (Fsp3) is 0.300. The number of rotatable bonds is 11. The van der Waals surface area contributed by atoms with Gasteiger partial charge in [-0.15, -0.1) is 6.58 Å². The fourth-order valence-electron chi connectivity index (χ4n) is 2.75. The molecule has 1 heterocycles. The minimum absolute atomic E-state index is 0.0183. The van der Waals surface area contributed by atoms with Crippen LogP contribution in [0.1, 0.15) is 28.0 Å². The number of aromatic carboxylic acids is 1. The van der Waals surface area contributed by atoms with Gasteiger partial charge in [0, 0.05) is 19.2 Å². The first-order valence-corrected chi connectivity index (χ1v) is 9.12. The molecule has 11 heteroatoms. The van der Waals surface area contributed by atoms with Gasteiger partial charge in [0.1, 0.15) is 11.4 Å². The van der Waals surface area contributed by atoms with Crippen molar-refractivity contribution in [1.82, 2.24) is 4.98 Å². The second-order valence-electron chi connectivity index (χ2n) is 6.39. The molecular formula is C20H20F3N3O5. The van der Waals surface area contributed by atoms with E-state index in [0.29, 0.717) is 0 Å². The first kappa shape index (κ1) is 23.8. The zero-order chi connectivity index (χ0) is 23.0. The lowest BCUT2D eigenvalue weighted by atomic mass is 10.1. The van der Waals surface area contributed by atoms with Crippen LogP contribution in [0.3, 0.4) is 0 Å². The highest BCUT2D eigenvalue weighted by molar-refractivity contribution is 5.91. The maximum Gasteiger partial charge on any atom is 0.420 e. The van der Waals surface area contributed by atoms with Gasteiger partial charge in [-0.2, -0.15) is 13.2 Å². The Morgan fingerprint density at radius 1 is 1.29 bits per heavy atom. The molecule has 0 aliphatic heterocycles. The zero-order valence-corrected chi connectivity index (χ0v) is 16.3. The predicted octanol–water partition coefficient (Wildman–Crippen LogP) is 4.31. The number of nitrogens with zero attached hydrogens (tertiary/aromatic N) is 3. The number of carboxylic acids is 1. The highest BCUT2D eigenvalue weighted by Gasteiger charge is 2.40. The Hall–Kier alpha value is -3.47. The number of nitro groups is 1. The monoisotopic (exact) mass is 439 g/mol. The normalized spacial score (nSPS) is 11.2. The number of hydrogen-bond donors (Lipinski definition) is 1. The smallest absolute Gasteiger partial charge is 0.420 e. The van der Waals surface area contributed by atoms with Crippen molar-refractivity contribution in [3.05, 3.63) is 76.0 Å². The van der Waals surface area contributed by atoms with Crippen molar-refractivity contribution in [2.24, 2.45) is 0 Å². The molecule has 2 rings (SSSR count). The molecule has 31 heavy (non-hydrogen) atoms. The molecule has 1 aromatic heterocycles. The van der Waals surface area contributed by atoms with Crippen LogP contribution in [0, 0.1) is 10.1 Å². The number of alkyl halides is 3. The Balaban J connectivity index is 2.36. The van der Waals surface area contributed by atoms with E-state index in [-0.39, 0.29) is 38.8 Å². The quantitative estimate of drug-likeness (QED) is 0.241. The van der Waals surface area contributed by atoms with Gasteiger partial charge in [-0.25, -0.2) is 9.78 Å². The highest BCUT2D eigenvalue weighted by atomic mass is 19.4. The van der Waals surface area contributed by atoms with Crippen molar-refractivity contribution < 1.29 is 32.7 Å². The van der Waals surface area contributed by atoms with E-state index in [1.807, 2.05) is 30.3 Å². The Kier molecular flexibility index (Phi) is 8.08. The van der Waals surface area contributed by atoms with Crippen molar-refractivity contribution in [3.63, 3.8) is 0 Å². The van der Waals surface area contributed by atoms with Gasteiger partial charge in [0.05, 0.1) is 18.1 Å². The van der Waals surface area contributed by atoms with Crippen molar-refractivity contribution in [3.8, 4) is 0 Å². The number of anilines is 1. The summed E-state index contributed by atoms with van der Waals surface area (Å²) in [6.07, 6.45) is -3.23. The molecule has 0 fully saturated rings. The number of ether oxygens (including phenoxy) is 1. The average molecular weight is 439 g/mol. The van der Waals surface area contributed by atoms with Crippen LogP contribution in [0.15, 0.2) is 49.1 Å². The van der Waals surface area contributed by atoms with Gasteiger partial charge in [-0.1, -0.05) is 36.4 Å².